The van der Waals surface area contributed by atoms with Crippen molar-refractivity contribution in [3.8, 4) is 0 Å². The molecule has 1 aliphatic rings. The molecule has 78 valence electrons. The second-order valence-electron chi connectivity index (χ2n) is 4.22. The van der Waals surface area contributed by atoms with Crippen LogP contribution in [0.4, 0.5) is 0 Å². The Morgan fingerprint density at radius 3 is 2.08 bits per heavy atom. The minimum absolute atomic E-state index is 0.600. The van der Waals surface area contributed by atoms with Crippen molar-refractivity contribution < 1.29 is 8.42 Å². The lowest BCUT2D eigenvalue weighted by molar-refractivity contribution is 0.439. The Hall–Kier alpha value is -0.0900. The van der Waals surface area contributed by atoms with E-state index in [0.717, 1.165) is 12.8 Å². The average Bonchev–Trinajstić information content (AvgIpc) is 2.56. The topological polar surface area (TPSA) is 37.4 Å². The summed E-state index contributed by atoms with van der Waals surface area (Å²) in [6.07, 6.45) is 2.70. The molecule has 0 bridgehead atoms. The molecule has 4 heteroatoms. The summed E-state index contributed by atoms with van der Waals surface area (Å²) < 4.78 is 25.1. The lowest BCUT2D eigenvalue weighted by Crippen LogP contribution is -2.42. The number of hydrogen-bond acceptors (Lipinski definition) is 2. The van der Waals surface area contributed by atoms with E-state index < -0.39 is 14.8 Å². The third-order valence-electron chi connectivity index (χ3n) is 2.95. The highest BCUT2D eigenvalue weighted by atomic mass is 32.2. The van der Waals surface area contributed by atoms with Crippen molar-refractivity contribution in [3.05, 3.63) is 0 Å². The highest BCUT2D eigenvalue weighted by Gasteiger charge is 2.38. The average molecular weight is 205 g/mol. The maximum absolute atomic E-state index is 12.0. The zero-order chi connectivity index (χ0) is 10.1. The number of hydrogen-bond donors (Lipinski definition) is 0. The van der Waals surface area contributed by atoms with Crippen molar-refractivity contribution in [1.29, 1.82) is 0 Å². The third-order valence-corrected chi connectivity index (χ3v) is 5.68. The lowest BCUT2D eigenvalue weighted by Gasteiger charge is -2.28. The van der Waals surface area contributed by atoms with Gasteiger partial charge < -0.3 is 0 Å². The molecule has 1 rings (SSSR count). The van der Waals surface area contributed by atoms with Gasteiger partial charge in [0, 0.05) is 13.1 Å². The van der Waals surface area contributed by atoms with Gasteiger partial charge in [-0.1, -0.05) is 6.92 Å². The van der Waals surface area contributed by atoms with Crippen molar-refractivity contribution in [3.63, 3.8) is 0 Å². The maximum atomic E-state index is 12.0. The Morgan fingerprint density at radius 1 is 1.23 bits per heavy atom. The molecular weight excluding hydrogens is 186 g/mol. The highest BCUT2D eigenvalue weighted by Crippen LogP contribution is 2.27. The molecule has 1 saturated heterocycles. The minimum atomic E-state index is -3.05. The molecule has 0 amide bonds. The van der Waals surface area contributed by atoms with Crippen molar-refractivity contribution in [2.45, 2.75) is 44.8 Å². The normalized spacial score (nSPS) is 20.8. The maximum Gasteiger partial charge on any atom is 0.219 e. The van der Waals surface area contributed by atoms with Gasteiger partial charge in [0.05, 0.1) is 4.75 Å². The highest BCUT2D eigenvalue weighted by molar-refractivity contribution is 7.90. The fourth-order valence-electron chi connectivity index (χ4n) is 1.46. The van der Waals surface area contributed by atoms with E-state index in [1.165, 1.54) is 0 Å². The van der Waals surface area contributed by atoms with Crippen molar-refractivity contribution in [2.24, 2.45) is 0 Å². The summed E-state index contributed by atoms with van der Waals surface area (Å²) in [5.41, 5.74) is 0. The second-order valence-corrected chi connectivity index (χ2v) is 6.80. The van der Waals surface area contributed by atoms with Crippen LogP contribution < -0.4 is 0 Å². The molecule has 0 atom stereocenters. The lowest BCUT2D eigenvalue weighted by atomic mass is 10.1. The summed E-state index contributed by atoms with van der Waals surface area (Å²) in [5.74, 6) is 0. The van der Waals surface area contributed by atoms with E-state index in [0.29, 0.717) is 19.5 Å². The van der Waals surface area contributed by atoms with Crippen LogP contribution in [0, 0.1) is 0 Å². The molecule has 0 unspecified atom stereocenters. The van der Waals surface area contributed by atoms with Crippen LogP contribution in [0.5, 0.6) is 0 Å². The van der Waals surface area contributed by atoms with Crippen LogP contribution in [0.15, 0.2) is 0 Å². The fraction of sp³-hybridized carbons (Fsp3) is 1.00. The van der Waals surface area contributed by atoms with E-state index in [2.05, 4.69) is 0 Å². The summed E-state index contributed by atoms with van der Waals surface area (Å²) in [4.78, 5) is 0. The van der Waals surface area contributed by atoms with E-state index >= 15 is 0 Å². The first-order valence-corrected chi connectivity index (χ1v) is 6.35. The SMILES string of the molecule is CCC(C)(C)S(=O)(=O)N1CCCC1. The molecule has 0 saturated carbocycles. The number of nitrogens with zero attached hydrogens (tertiary/aromatic N) is 1. The van der Waals surface area contributed by atoms with Crippen LogP contribution >= 0.6 is 0 Å². The molecule has 1 fully saturated rings. The predicted molar refractivity (Wildman–Crippen MR) is 54.1 cm³/mol. The van der Waals surface area contributed by atoms with Gasteiger partial charge in [-0.25, -0.2) is 12.7 Å². The van der Waals surface area contributed by atoms with E-state index in [9.17, 15) is 8.42 Å². The molecule has 1 heterocycles. The molecule has 0 aromatic rings. The van der Waals surface area contributed by atoms with Crippen LogP contribution in [0.1, 0.15) is 40.0 Å². The standard InChI is InChI=1S/C9H19NO2S/c1-4-9(2,3)13(11,12)10-7-5-6-8-10/h4-8H2,1-3H3. The Labute approximate surface area is 81.2 Å². The largest absolute Gasteiger partial charge is 0.219 e. The van der Waals surface area contributed by atoms with Gasteiger partial charge in [-0.3, -0.25) is 0 Å². The van der Waals surface area contributed by atoms with E-state index in [4.69, 9.17) is 0 Å². The molecule has 0 N–H and O–H groups in total. The van der Waals surface area contributed by atoms with Gasteiger partial charge in [0.1, 0.15) is 0 Å². The molecule has 1 aliphatic heterocycles. The Balaban J connectivity index is 2.87. The summed E-state index contributed by atoms with van der Waals surface area (Å²) in [5, 5.41) is 0. The summed E-state index contributed by atoms with van der Waals surface area (Å²) >= 11 is 0. The molecule has 0 spiro atoms. The molecule has 0 aromatic carbocycles. The number of sulfonamides is 1. The Morgan fingerprint density at radius 2 is 1.69 bits per heavy atom. The molecule has 3 nitrogen and oxygen atoms in total. The van der Waals surface area contributed by atoms with Crippen LogP contribution in [-0.2, 0) is 10.0 Å². The number of rotatable bonds is 3. The first-order valence-electron chi connectivity index (χ1n) is 4.91. The summed E-state index contributed by atoms with van der Waals surface area (Å²) in [6.45, 7) is 6.96. The monoisotopic (exact) mass is 205 g/mol. The molecule has 0 aromatic heterocycles. The summed E-state index contributed by atoms with van der Waals surface area (Å²) in [6, 6.07) is 0. The minimum Gasteiger partial charge on any atom is -0.212 e. The Bertz CT molecular complexity index is 263. The Kier molecular flexibility index (Phi) is 3.02. The molecular formula is C9H19NO2S. The van der Waals surface area contributed by atoms with Crippen LogP contribution in [0.2, 0.25) is 0 Å². The van der Waals surface area contributed by atoms with Gasteiger partial charge in [0.25, 0.3) is 0 Å². The van der Waals surface area contributed by atoms with Gasteiger partial charge in [-0.15, -0.1) is 0 Å². The van der Waals surface area contributed by atoms with Crippen molar-refractivity contribution in [2.75, 3.05) is 13.1 Å². The van der Waals surface area contributed by atoms with Crippen LogP contribution in [0.25, 0.3) is 0 Å². The van der Waals surface area contributed by atoms with E-state index in [1.54, 1.807) is 18.2 Å². The first kappa shape index (κ1) is 11.0. The third kappa shape index (κ3) is 1.89. The van der Waals surface area contributed by atoms with Gasteiger partial charge in [-0.05, 0) is 33.1 Å². The van der Waals surface area contributed by atoms with Gasteiger partial charge in [-0.2, -0.15) is 0 Å². The second kappa shape index (κ2) is 3.58. The van der Waals surface area contributed by atoms with E-state index in [1.807, 2.05) is 6.92 Å². The van der Waals surface area contributed by atoms with Crippen molar-refractivity contribution in [1.82, 2.24) is 4.31 Å². The van der Waals surface area contributed by atoms with Crippen molar-refractivity contribution >= 4 is 10.0 Å². The van der Waals surface area contributed by atoms with E-state index in [-0.39, 0.29) is 0 Å². The van der Waals surface area contributed by atoms with Gasteiger partial charge >= 0.3 is 0 Å². The van der Waals surface area contributed by atoms with Crippen LogP contribution in [0.3, 0.4) is 0 Å². The predicted octanol–water partition coefficient (Wildman–Crippen LogP) is 1.60. The van der Waals surface area contributed by atoms with Gasteiger partial charge in [0.2, 0.25) is 10.0 Å². The van der Waals surface area contributed by atoms with Crippen LogP contribution in [-0.4, -0.2) is 30.6 Å². The zero-order valence-corrected chi connectivity index (χ0v) is 9.52. The summed E-state index contributed by atoms with van der Waals surface area (Å²) in [7, 11) is -3.05. The van der Waals surface area contributed by atoms with Gasteiger partial charge in [0.15, 0.2) is 0 Å². The fourth-order valence-corrected chi connectivity index (χ4v) is 3.26. The first-order chi connectivity index (χ1) is 5.92. The zero-order valence-electron chi connectivity index (χ0n) is 8.71. The quantitative estimate of drug-likeness (QED) is 0.702. The molecule has 0 radical (unpaired) electrons. The molecule has 0 aliphatic carbocycles. The molecule has 13 heavy (non-hydrogen) atoms. The smallest absolute Gasteiger partial charge is 0.212 e.